The molecule has 0 aromatic heterocycles. The highest BCUT2D eigenvalue weighted by Gasteiger charge is 2.37. The summed E-state index contributed by atoms with van der Waals surface area (Å²) < 4.78 is 24.0. The summed E-state index contributed by atoms with van der Waals surface area (Å²) in [5.74, 6) is -1.31. The van der Waals surface area contributed by atoms with Crippen molar-refractivity contribution in [1.82, 2.24) is 0 Å². The van der Waals surface area contributed by atoms with Crippen LogP contribution in [-0.4, -0.2) is 38.2 Å². The van der Waals surface area contributed by atoms with E-state index in [0.29, 0.717) is 22.1 Å². The molecule has 0 saturated heterocycles. The van der Waals surface area contributed by atoms with Crippen molar-refractivity contribution < 1.29 is 18.0 Å². The summed E-state index contributed by atoms with van der Waals surface area (Å²) in [6.45, 7) is 1.80. The average Bonchev–Trinajstić information content (AvgIpc) is 2.61. The molecule has 1 aromatic rings. The van der Waals surface area contributed by atoms with Crippen LogP contribution in [0, 0.1) is 0 Å². The van der Waals surface area contributed by atoms with Gasteiger partial charge in [0.1, 0.15) is 0 Å². The zero-order valence-electron chi connectivity index (χ0n) is 10.9. The molecule has 0 unspecified atom stereocenters. The number of hydrogen-bond donors (Lipinski definition) is 0. The Morgan fingerprint density at radius 3 is 2.55 bits per heavy atom. The predicted octanol–water partition coefficient (Wildman–Crippen LogP) is 1.80. The topological polar surface area (TPSA) is 71.5 Å². The van der Waals surface area contributed by atoms with Gasteiger partial charge in [-0.15, -0.1) is 0 Å². The van der Waals surface area contributed by atoms with E-state index >= 15 is 0 Å². The van der Waals surface area contributed by atoms with Crippen LogP contribution in [-0.2, 0) is 14.6 Å². The molecule has 0 saturated carbocycles. The van der Waals surface area contributed by atoms with Crippen LogP contribution in [0.4, 0.5) is 5.69 Å². The highest BCUT2D eigenvalue weighted by Crippen LogP contribution is 2.34. The average molecular weight is 360 g/mol. The number of sulfone groups is 1. The minimum absolute atomic E-state index is 0.0103. The first-order valence-electron chi connectivity index (χ1n) is 6.22. The van der Waals surface area contributed by atoms with Gasteiger partial charge in [-0.05, 0) is 34.5 Å². The maximum Gasteiger partial charge on any atom is 0.299 e. The molecule has 20 heavy (non-hydrogen) atoms. The van der Waals surface area contributed by atoms with E-state index < -0.39 is 21.5 Å². The van der Waals surface area contributed by atoms with Crippen molar-refractivity contribution in [2.24, 2.45) is 0 Å². The van der Waals surface area contributed by atoms with Crippen LogP contribution >= 0.6 is 15.9 Å². The lowest BCUT2D eigenvalue weighted by molar-refractivity contribution is -0.114. The van der Waals surface area contributed by atoms with Gasteiger partial charge in [0, 0.05) is 16.8 Å². The van der Waals surface area contributed by atoms with Crippen LogP contribution in [0.15, 0.2) is 22.7 Å². The first kappa shape index (κ1) is 15.2. The second kappa shape index (κ2) is 5.65. The van der Waals surface area contributed by atoms with E-state index in [1.807, 2.05) is 0 Å². The van der Waals surface area contributed by atoms with Gasteiger partial charge in [-0.25, -0.2) is 8.42 Å². The molecular weight excluding hydrogens is 346 g/mol. The van der Waals surface area contributed by atoms with Crippen molar-refractivity contribution in [1.29, 1.82) is 0 Å². The van der Waals surface area contributed by atoms with E-state index in [-0.39, 0.29) is 18.1 Å². The Balaban J connectivity index is 2.25. The van der Waals surface area contributed by atoms with Crippen molar-refractivity contribution in [2.75, 3.05) is 23.0 Å². The molecule has 0 spiro atoms. The number of halogens is 1. The Labute approximate surface area is 126 Å². The number of rotatable bonds is 5. The summed E-state index contributed by atoms with van der Waals surface area (Å²) in [6.07, 6.45) is 0.539. The van der Waals surface area contributed by atoms with Gasteiger partial charge >= 0.3 is 0 Å². The number of anilines is 1. The molecule has 1 heterocycles. The maximum absolute atomic E-state index is 11.9. The van der Waals surface area contributed by atoms with Crippen molar-refractivity contribution in [2.45, 2.75) is 13.3 Å². The van der Waals surface area contributed by atoms with Crippen LogP contribution in [0.3, 0.4) is 0 Å². The minimum atomic E-state index is -3.19. The summed E-state index contributed by atoms with van der Waals surface area (Å²) in [5.41, 5.74) is 0.784. The number of carbonyl (C=O) groups excluding carboxylic acids is 2. The fraction of sp³-hybridized carbons (Fsp3) is 0.385. The molecule has 0 N–H and O–H groups in total. The molecule has 0 bridgehead atoms. The molecule has 1 aliphatic rings. The van der Waals surface area contributed by atoms with E-state index in [2.05, 4.69) is 15.9 Å². The van der Waals surface area contributed by atoms with Gasteiger partial charge in [-0.2, -0.15) is 0 Å². The van der Waals surface area contributed by atoms with Crippen LogP contribution < -0.4 is 4.90 Å². The third-order valence-electron chi connectivity index (χ3n) is 3.09. The number of ketones is 1. The van der Waals surface area contributed by atoms with Gasteiger partial charge in [0.2, 0.25) is 0 Å². The molecule has 108 valence electrons. The smallest absolute Gasteiger partial charge is 0.299 e. The van der Waals surface area contributed by atoms with E-state index in [9.17, 15) is 18.0 Å². The Morgan fingerprint density at radius 2 is 1.90 bits per heavy atom. The molecule has 1 amide bonds. The first-order chi connectivity index (χ1) is 9.37. The highest BCUT2D eigenvalue weighted by atomic mass is 79.9. The van der Waals surface area contributed by atoms with Gasteiger partial charge in [0.15, 0.2) is 9.84 Å². The van der Waals surface area contributed by atoms with E-state index in [1.54, 1.807) is 25.1 Å². The molecule has 0 radical (unpaired) electrons. The SMILES string of the molecule is CCCS(=O)(=O)CCN1C(=O)C(=O)c2c(Br)cccc21. The molecule has 0 aliphatic carbocycles. The van der Waals surface area contributed by atoms with Crippen molar-refractivity contribution in [3.05, 3.63) is 28.2 Å². The standard InChI is InChI=1S/C13H14BrNO4S/c1-2-7-20(18,19)8-6-15-10-5-3-4-9(14)11(10)12(16)13(15)17/h3-5H,2,6-8H2,1H3. The third-order valence-corrected chi connectivity index (χ3v) is 5.59. The number of nitrogens with zero attached hydrogens (tertiary/aromatic N) is 1. The molecule has 1 aliphatic heterocycles. The van der Waals surface area contributed by atoms with Crippen molar-refractivity contribution in [3.8, 4) is 0 Å². The molecule has 0 atom stereocenters. The molecule has 1 aromatic carbocycles. The summed E-state index contributed by atoms with van der Waals surface area (Å²) in [6, 6.07) is 5.04. The Hall–Kier alpha value is -1.21. The highest BCUT2D eigenvalue weighted by molar-refractivity contribution is 9.10. The Bertz CT molecular complexity index is 669. The summed E-state index contributed by atoms with van der Waals surface area (Å²) in [4.78, 5) is 25.1. The van der Waals surface area contributed by atoms with Crippen LogP contribution in [0.2, 0.25) is 0 Å². The molecular formula is C13H14BrNO4S. The lowest BCUT2D eigenvalue weighted by Gasteiger charge is -2.16. The molecule has 7 heteroatoms. The van der Waals surface area contributed by atoms with Crippen molar-refractivity contribution in [3.63, 3.8) is 0 Å². The number of benzene rings is 1. The van der Waals surface area contributed by atoms with Gasteiger partial charge < -0.3 is 4.90 Å². The fourth-order valence-corrected chi connectivity index (χ4v) is 3.99. The largest absolute Gasteiger partial charge is 0.304 e. The van der Waals surface area contributed by atoms with Gasteiger partial charge in [-0.1, -0.05) is 13.0 Å². The maximum atomic E-state index is 11.9. The number of hydrogen-bond acceptors (Lipinski definition) is 4. The lowest BCUT2D eigenvalue weighted by Crippen LogP contribution is -2.34. The second-order valence-electron chi connectivity index (χ2n) is 4.57. The van der Waals surface area contributed by atoms with E-state index in [4.69, 9.17) is 0 Å². The number of amides is 1. The Morgan fingerprint density at radius 1 is 1.20 bits per heavy atom. The van der Waals surface area contributed by atoms with Gasteiger partial charge in [0.05, 0.1) is 17.0 Å². The van der Waals surface area contributed by atoms with Crippen LogP contribution in [0.25, 0.3) is 0 Å². The summed E-state index contributed by atoms with van der Waals surface area (Å²) in [7, 11) is -3.19. The Kier molecular flexibility index (Phi) is 4.29. The van der Waals surface area contributed by atoms with Gasteiger partial charge in [-0.3, -0.25) is 9.59 Å². The first-order valence-corrected chi connectivity index (χ1v) is 8.84. The number of fused-ring (bicyclic) bond motifs is 1. The minimum Gasteiger partial charge on any atom is -0.304 e. The molecule has 5 nitrogen and oxygen atoms in total. The van der Waals surface area contributed by atoms with Crippen LogP contribution in [0.5, 0.6) is 0 Å². The quantitative estimate of drug-likeness (QED) is 0.751. The zero-order chi connectivity index (χ0) is 14.9. The van der Waals surface area contributed by atoms with Crippen molar-refractivity contribution >= 4 is 43.1 Å². The second-order valence-corrected chi connectivity index (χ2v) is 7.73. The molecule has 0 fully saturated rings. The predicted molar refractivity (Wildman–Crippen MR) is 79.8 cm³/mol. The lowest BCUT2D eigenvalue weighted by atomic mass is 10.1. The van der Waals surface area contributed by atoms with Gasteiger partial charge in [0.25, 0.3) is 11.7 Å². The monoisotopic (exact) mass is 359 g/mol. The fourth-order valence-electron chi connectivity index (χ4n) is 2.17. The number of carbonyl (C=O) groups is 2. The van der Waals surface area contributed by atoms with Crippen LogP contribution in [0.1, 0.15) is 23.7 Å². The number of Topliss-reactive ketones (excluding diaryl/α,β-unsaturated/α-hetero) is 1. The summed E-state index contributed by atoms with van der Waals surface area (Å²) >= 11 is 3.24. The van der Waals surface area contributed by atoms with E-state index in [0.717, 1.165) is 0 Å². The normalized spacial score (nSPS) is 14.8. The van der Waals surface area contributed by atoms with E-state index in [1.165, 1.54) is 4.90 Å². The molecule has 2 rings (SSSR count). The summed E-state index contributed by atoms with van der Waals surface area (Å²) in [5, 5.41) is 0. The third kappa shape index (κ3) is 2.78. The zero-order valence-corrected chi connectivity index (χ0v) is 13.3.